The molecule has 1 fully saturated rings. The number of likely N-dealkylation sites (N-methyl/N-ethyl adjacent to an activating group) is 2. The molecule has 0 aliphatic carbocycles. The molecule has 2 unspecified atom stereocenters. The van der Waals surface area contributed by atoms with Crippen LogP contribution in [0.5, 0.6) is 5.75 Å². The van der Waals surface area contributed by atoms with Gasteiger partial charge in [0.2, 0.25) is 47.3 Å². The van der Waals surface area contributed by atoms with Gasteiger partial charge in [-0.1, -0.05) is 6.92 Å². The van der Waals surface area contributed by atoms with E-state index in [9.17, 15) is 66.6 Å². The van der Waals surface area contributed by atoms with Crippen LogP contribution in [0.3, 0.4) is 0 Å². The van der Waals surface area contributed by atoms with E-state index >= 15 is 0 Å². The molecule has 14 N–H and O–H groups in total. The fraction of sp³-hybridized carbons (Fsp3) is 0.543. The highest BCUT2D eigenvalue weighted by atomic mass is 32.2. The van der Waals surface area contributed by atoms with E-state index in [2.05, 4.69) is 42.2 Å². The van der Waals surface area contributed by atoms with Gasteiger partial charge in [0.1, 0.15) is 41.0 Å². The predicted molar refractivity (Wildman–Crippen MR) is 216 cm³/mol. The van der Waals surface area contributed by atoms with E-state index in [0.29, 0.717) is 0 Å². The van der Waals surface area contributed by atoms with E-state index in [-0.39, 0.29) is 33.8 Å². The molecule has 27 heteroatoms. The average molecular weight is 915 g/mol. The van der Waals surface area contributed by atoms with Crippen molar-refractivity contribution in [2.45, 2.75) is 73.6 Å². The molecule has 4 rings (SSSR count). The van der Waals surface area contributed by atoms with Gasteiger partial charge in [0, 0.05) is 43.8 Å². The van der Waals surface area contributed by atoms with Crippen LogP contribution in [0.4, 0.5) is 0 Å². The van der Waals surface area contributed by atoms with Crippen molar-refractivity contribution in [1.29, 1.82) is 0 Å². The van der Waals surface area contributed by atoms with Gasteiger partial charge < -0.3 is 72.3 Å². The highest BCUT2D eigenvalue weighted by Crippen LogP contribution is 2.30. The molecular formula is C35H50N10O15S2. The molecule has 8 amide bonds. The second-order valence-electron chi connectivity index (χ2n) is 14.5. The summed E-state index contributed by atoms with van der Waals surface area (Å²) in [6.07, 6.45) is -4.77. The number of hydrogen-bond donors (Lipinski definition) is 13. The molecule has 1 saturated heterocycles. The molecule has 0 bridgehead atoms. The number of nitrogens with one attached hydrogen (secondary N) is 8. The molecule has 1 aromatic carbocycles. The Labute approximate surface area is 358 Å². The first-order chi connectivity index (χ1) is 29.3. The third-order valence-corrected chi connectivity index (χ3v) is 11.8. The third-order valence-electron chi connectivity index (χ3n) is 10.1. The van der Waals surface area contributed by atoms with E-state index in [4.69, 9.17) is 9.92 Å². The van der Waals surface area contributed by atoms with Gasteiger partial charge >= 0.3 is 11.4 Å². The number of carbonyl (C=O) groups excluding carboxylic acids is 8. The van der Waals surface area contributed by atoms with Gasteiger partial charge in [-0.05, 0) is 24.7 Å². The monoisotopic (exact) mass is 914 g/mol. The average Bonchev–Trinajstić information content (AvgIpc) is 3.79. The summed E-state index contributed by atoms with van der Waals surface area (Å²) in [6, 6.07) is -4.68. The van der Waals surface area contributed by atoms with E-state index < -0.39 is 162 Å². The van der Waals surface area contributed by atoms with E-state index in [1.54, 1.807) is 0 Å². The topological polar surface area (TPSA) is 390 Å². The van der Waals surface area contributed by atoms with Crippen LogP contribution in [0.25, 0.3) is 10.9 Å². The number of aliphatic hydroxyl groups excluding tert-OH is 3. The first-order valence-corrected chi connectivity index (χ1v) is 21.3. The SMILES string of the molecule is CNCC(=O)N[C@H]1CS(=O)c2[nH]c3cc(OS(=O)O)ccc3c2C[C@@H](C(=O)NCC(=O)NC)NC(=O)[C@H]([C@@H](C)[C@@H](O)CO)NC(=O)[C@@H]2C[C@@H](O)CN2C(=O)[C@H](CC(N)=O)NC1=O. The lowest BCUT2D eigenvalue weighted by molar-refractivity contribution is -0.144. The summed E-state index contributed by atoms with van der Waals surface area (Å²) in [4.78, 5) is 111. The minimum Gasteiger partial charge on any atom is -0.394 e. The van der Waals surface area contributed by atoms with Gasteiger partial charge in [0.25, 0.3) is 0 Å². The fourth-order valence-electron chi connectivity index (χ4n) is 6.87. The molecule has 10 atom stereocenters. The lowest BCUT2D eigenvalue weighted by atomic mass is 9.93. The Morgan fingerprint density at radius 3 is 2.39 bits per heavy atom. The standard InChI is InChI=1S/C35H50N10O15S2/c1-15(25(48)13-46)29-33(55)41-21(30(52)39-11-27(50)38-3)8-19-18-5-4-17(60-62(58)59)7-20(18)43-34(19)61(57)14-23(40-28(51)10-37-2)31(53)42-22(9-26(36)49)35(56)45-12-16(47)6-24(45)32(54)44-29/h4-5,7,15-16,21-25,29,37,43,46-48H,6,8-14H2,1-3H3,(H2,36,49)(H,38,50)(H,39,52)(H,40,51)(H,41,55)(H,42,53)(H,44,54)(H,58,59)/t15-,16+,21-,22-,23-,24-,25-,29-,61?/m0/s1. The second kappa shape index (κ2) is 22.0. The van der Waals surface area contributed by atoms with E-state index in [1.165, 1.54) is 39.2 Å². The quantitative estimate of drug-likeness (QED) is 0.0831. The molecule has 342 valence electrons. The Hall–Kier alpha value is -5.58. The van der Waals surface area contributed by atoms with Crippen molar-refractivity contribution in [2.75, 3.05) is 46.1 Å². The Morgan fingerprint density at radius 1 is 1.05 bits per heavy atom. The maximum atomic E-state index is 14.5. The molecule has 2 aliphatic rings. The number of fused-ring (bicyclic) bond motifs is 4. The molecule has 3 heterocycles. The lowest BCUT2D eigenvalue weighted by Gasteiger charge is -2.32. The normalized spacial score (nSPS) is 25.3. The minimum absolute atomic E-state index is 0.0404. The Balaban J connectivity index is 1.97. The Kier molecular flexibility index (Phi) is 17.4. The first kappa shape index (κ1) is 49.1. The number of aromatic nitrogens is 1. The predicted octanol–water partition coefficient (Wildman–Crippen LogP) is -6.81. The number of primary amides is 1. The summed E-state index contributed by atoms with van der Waals surface area (Å²) >= 11 is -2.77. The van der Waals surface area contributed by atoms with Gasteiger partial charge in [-0.2, -0.15) is 4.21 Å². The number of carbonyl (C=O) groups is 8. The smallest absolute Gasteiger partial charge is 0.357 e. The number of benzene rings is 1. The lowest BCUT2D eigenvalue weighted by Crippen LogP contribution is -2.61. The van der Waals surface area contributed by atoms with Crippen molar-refractivity contribution in [2.24, 2.45) is 11.7 Å². The van der Waals surface area contributed by atoms with Crippen molar-refractivity contribution in [1.82, 2.24) is 47.1 Å². The van der Waals surface area contributed by atoms with Crippen molar-refractivity contribution >= 4 is 80.3 Å². The van der Waals surface area contributed by atoms with Crippen LogP contribution in [-0.2, 0) is 66.9 Å². The van der Waals surface area contributed by atoms with Crippen molar-refractivity contribution in [3.63, 3.8) is 0 Å². The van der Waals surface area contributed by atoms with Crippen LogP contribution in [0.1, 0.15) is 25.3 Å². The third kappa shape index (κ3) is 12.5. The largest absolute Gasteiger partial charge is 0.394 e. The Bertz CT molecular complexity index is 2100. The summed E-state index contributed by atoms with van der Waals surface area (Å²) in [7, 11) is 0.347. The number of aliphatic hydroxyl groups is 3. The molecule has 2 aromatic rings. The highest BCUT2D eigenvalue weighted by molar-refractivity contribution is 7.85. The van der Waals surface area contributed by atoms with Crippen LogP contribution < -0.4 is 47.1 Å². The fourth-order valence-corrected chi connectivity index (χ4v) is 8.54. The van der Waals surface area contributed by atoms with Crippen LogP contribution in [0.2, 0.25) is 0 Å². The van der Waals surface area contributed by atoms with Crippen LogP contribution in [0.15, 0.2) is 23.2 Å². The number of rotatable bonds is 13. The van der Waals surface area contributed by atoms with E-state index in [1.807, 2.05) is 0 Å². The van der Waals surface area contributed by atoms with Gasteiger partial charge in [0.15, 0.2) is 0 Å². The molecule has 0 radical (unpaired) electrons. The van der Waals surface area contributed by atoms with E-state index in [0.717, 1.165) is 4.90 Å². The molecule has 62 heavy (non-hydrogen) atoms. The summed E-state index contributed by atoms with van der Waals surface area (Å²) in [5.41, 5.74) is 5.59. The molecule has 0 spiro atoms. The second-order valence-corrected chi connectivity index (χ2v) is 16.5. The van der Waals surface area contributed by atoms with Crippen LogP contribution in [0, 0.1) is 5.92 Å². The zero-order valence-electron chi connectivity index (χ0n) is 33.6. The zero-order valence-corrected chi connectivity index (χ0v) is 35.3. The zero-order chi connectivity index (χ0) is 46.0. The molecular weight excluding hydrogens is 865 g/mol. The molecule has 25 nitrogen and oxygen atoms in total. The van der Waals surface area contributed by atoms with Gasteiger partial charge in [-0.3, -0.25) is 47.1 Å². The first-order valence-electron chi connectivity index (χ1n) is 19.0. The van der Waals surface area contributed by atoms with Gasteiger partial charge in [-0.15, -0.1) is 0 Å². The number of nitrogens with zero attached hydrogens (tertiary/aromatic N) is 1. The maximum absolute atomic E-state index is 14.5. The van der Waals surface area contributed by atoms with Crippen LogP contribution >= 0.6 is 0 Å². The van der Waals surface area contributed by atoms with Crippen molar-refractivity contribution in [3.05, 3.63) is 23.8 Å². The summed E-state index contributed by atoms with van der Waals surface area (Å²) in [5.74, 6) is -10.1. The van der Waals surface area contributed by atoms with Crippen LogP contribution in [-0.4, -0.2) is 174 Å². The molecule has 0 saturated carbocycles. The summed E-state index contributed by atoms with van der Waals surface area (Å²) in [6.45, 7) is -1.03. The Morgan fingerprint density at radius 2 is 1.76 bits per heavy atom. The summed E-state index contributed by atoms with van der Waals surface area (Å²) in [5, 5.41) is 48.1. The number of H-pyrrole nitrogens is 1. The maximum Gasteiger partial charge on any atom is 0.357 e. The van der Waals surface area contributed by atoms with Gasteiger partial charge in [0.05, 0.1) is 60.4 Å². The number of hydrogen-bond acceptors (Lipinski definition) is 15. The van der Waals surface area contributed by atoms with Crippen molar-refractivity contribution in [3.8, 4) is 5.75 Å². The number of nitrogens with two attached hydrogens (primary N) is 1. The number of aromatic amines is 1. The van der Waals surface area contributed by atoms with Crippen molar-refractivity contribution < 1.29 is 70.8 Å². The van der Waals surface area contributed by atoms with Gasteiger partial charge in [-0.25, -0.2) is 0 Å². The molecule has 1 aromatic heterocycles. The summed E-state index contributed by atoms with van der Waals surface area (Å²) < 4.78 is 40.2. The molecule has 2 aliphatic heterocycles. The minimum atomic E-state index is -2.77. The highest BCUT2D eigenvalue weighted by Gasteiger charge is 2.45. The number of amides is 8.